The van der Waals surface area contributed by atoms with Crippen LogP contribution >= 0.6 is 0 Å². The maximum absolute atomic E-state index is 2.41. The van der Waals surface area contributed by atoms with E-state index in [0.29, 0.717) is 0 Å². The Morgan fingerprint density at radius 2 is 1.11 bits per heavy atom. The van der Waals surface area contributed by atoms with Crippen molar-refractivity contribution in [3.63, 3.8) is 0 Å². The fourth-order valence-electron chi connectivity index (χ4n) is 4.04. The van der Waals surface area contributed by atoms with E-state index in [9.17, 15) is 0 Å². The second-order valence-electron chi connectivity index (χ2n) is 7.26. The average molecular weight is 347 g/mol. The van der Waals surface area contributed by atoms with Crippen molar-refractivity contribution in [1.82, 2.24) is 4.57 Å². The normalized spacial score (nSPS) is 11.3. The summed E-state index contributed by atoms with van der Waals surface area (Å²) in [7, 11) is 0. The van der Waals surface area contributed by atoms with E-state index in [2.05, 4.69) is 109 Å². The molecule has 0 bridgehead atoms. The summed E-state index contributed by atoms with van der Waals surface area (Å²) in [6.45, 7) is 4.33. The summed E-state index contributed by atoms with van der Waals surface area (Å²) in [5.74, 6) is 0. The summed E-state index contributed by atoms with van der Waals surface area (Å²) in [5.41, 5.74) is 8.80. The van der Waals surface area contributed by atoms with Crippen molar-refractivity contribution in [1.29, 1.82) is 0 Å². The molecule has 0 atom stereocenters. The van der Waals surface area contributed by atoms with Crippen LogP contribution in [0, 0.1) is 13.8 Å². The number of fused-ring (bicyclic) bond motifs is 3. The van der Waals surface area contributed by atoms with E-state index in [4.69, 9.17) is 0 Å². The molecule has 130 valence electrons. The van der Waals surface area contributed by atoms with Crippen molar-refractivity contribution in [3.8, 4) is 16.8 Å². The maximum Gasteiger partial charge on any atom is 0.0541 e. The minimum Gasteiger partial charge on any atom is -0.309 e. The van der Waals surface area contributed by atoms with Gasteiger partial charge < -0.3 is 4.57 Å². The Hall–Kier alpha value is -3.32. The SMILES string of the molecule is Cc1ccc2c(c1)c1cc(C)ccc1n2-c1ccccc1-c1ccccc1. The van der Waals surface area contributed by atoms with Crippen molar-refractivity contribution < 1.29 is 0 Å². The number of hydrogen-bond acceptors (Lipinski definition) is 0. The van der Waals surface area contributed by atoms with Gasteiger partial charge in [-0.05, 0) is 49.7 Å². The molecule has 0 aliphatic rings. The van der Waals surface area contributed by atoms with Crippen LogP contribution in [0.1, 0.15) is 11.1 Å². The number of rotatable bonds is 2. The van der Waals surface area contributed by atoms with Crippen LogP contribution in [0.15, 0.2) is 91.0 Å². The van der Waals surface area contributed by atoms with Gasteiger partial charge in [-0.15, -0.1) is 0 Å². The fourth-order valence-corrected chi connectivity index (χ4v) is 4.04. The molecular weight excluding hydrogens is 326 g/mol. The third-order valence-corrected chi connectivity index (χ3v) is 5.31. The van der Waals surface area contributed by atoms with E-state index < -0.39 is 0 Å². The van der Waals surface area contributed by atoms with E-state index >= 15 is 0 Å². The molecule has 1 nitrogen and oxygen atoms in total. The second-order valence-corrected chi connectivity index (χ2v) is 7.26. The molecule has 0 spiro atoms. The number of benzene rings is 4. The molecule has 0 aliphatic carbocycles. The quantitative estimate of drug-likeness (QED) is 0.322. The molecule has 0 saturated heterocycles. The monoisotopic (exact) mass is 347 g/mol. The van der Waals surface area contributed by atoms with Crippen LogP contribution in [0.2, 0.25) is 0 Å². The maximum atomic E-state index is 2.41. The molecule has 1 aromatic heterocycles. The van der Waals surface area contributed by atoms with Crippen LogP contribution in [-0.2, 0) is 0 Å². The van der Waals surface area contributed by atoms with Gasteiger partial charge in [0.15, 0.2) is 0 Å². The third kappa shape index (κ3) is 2.55. The molecule has 0 amide bonds. The Morgan fingerprint density at radius 3 is 1.74 bits per heavy atom. The Kier molecular flexibility index (Phi) is 3.61. The molecule has 0 saturated carbocycles. The molecule has 0 aliphatic heterocycles. The topological polar surface area (TPSA) is 4.93 Å². The van der Waals surface area contributed by atoms with Crippen LogP contribution in [0.3, 0.4) is 0 Å². The first-order valence-corrected chi connectivity index (χ1v) is 9.38. The van der Waals surface area contributed by atoms with Crippen molar-refractivity contribution in [2.45, 2.75) is 13.8 Å². The second kappa shape index (κ2) is 6.14. The molecule has 5 rings (SSSR count). The van der Waals surface area contributed by atoms with Crippen LogP contribution in [0.25, 0.3) is 38.6 Å². The molecule has 1 heteroatoms. The van der Waals surface area contributed by atoms with E-state index in [-0.39, 0.29) is 0 Å². The van der Waals surface area contributed by atoms with Gasteiger partial charge in [-0.3, -0.25) is 0 Å². The van der Waals surface area contributed by atoms with Gasteiger partial charge in [0.25, 0.3) is 0 Å². The summed E-state index contributed by atoms with van der Waals surface area (Å²) >= 11 is 0. The van der Waals surface area contributed by atoms with Gasteiger partial charge in [0.2, 0.25) is 0 Å². The van der Waals surface area contributed by atoms with Gasteiger partial charge in [-0.25, -0.2) is 0 Å². The van der Waals surface area contributed by atoms with Gasteiger partial charge >= 0.3 is 0 Å². The third-order valence-electron chi connectivity index (χ3n) is 5.31. The van der Waals surface area contributed by atoms with Gasteiger partial charge in [0.05, 0.1) is 16.7 Å². The lowest BCUT2D eigenvalue weighted by Crippen LogP contribution is -1.97. The first-order valence-electron chi connectivity index (χ1n) is 9.38. The number of para-hydroxylation sites is 1. The van der Waals surface area contributed by atoms with Gasteiger partial charge in [0.1, 0.15) is 0 Å². The first kappa shape index (κ1) is 15.9. The summed E-state index contributed by atoms with van der Waals surface area (Å²) < 4.78 is 2.41. The lowest BCUT2D eigenvalue weighted by molar-refractivity contribution is 1.18. The predicted molar refractivity (Wildman–Crippen MR) is 116 cm³/mol. The molecule has 5 aromatic rings. The lowest BCUT2D eigenvalue weighted by Gasteiger charge is -2.14. The predicted octanol–water partition coefficient (Wildman–Crippen LogP) is 7.07. The van der Waals surface area contributed by atoms with E-state index in [1.54, 1.807) is 0 Å². The van der Waals surface area contributed by atoms with E-state index in [1.165, 1.54) is 49.7 Å². The minimum absolute atomic E-state index is 1.22. The van der Waals surface area contributed by atoms with Crippen LogP contribution in [0.4, 0.5) is 0 Å². The molecule has 1 heterocycles. The summed E-state index contributed by atoms with van der Waals surface area (Å²) in [4.78, 5) is 0. The number of aryl methyl sites for hydroxylation is 2. The Balaban J connectivity index is 1.92. The van der Waals surface area contributed by atoms with Crippen LogP contribution < -0.4 is 0 Å². The Bertz CT molecular complexity index is 1220. The molecular formula is C26H21N. The van der Waals surface area contributed by atoms with Gasteiger partial charge in [-0.1, -0.05) is 71.8 Å². The van der Waals surface area contributed by atoms with E-state index in [0.717, 1.165) is 0 Å². The highest BCUT2D eigenvalue weighted by Crippen LogP contribution is 2.36. The van der Waals surface area contributed by atoms with Crippen molar-refractivity contribution in [2.24, 2.45) is 0 Å². The van der Waals surface area contributed by atoms with Crippen LogP contribution in [0.5, 0.6) is 0 Å². The number of nitrogens with zero attached hydrogens (tertiary/aromatic N) is 1. The molecule has 4 aromatic carbocycles. The molecule has 0 N–H and O–H groups in total. The lowest BCUT2D eigenvalue weighted by atomic mass is 10.0. The fraction of sp³-hybridized carbons (Fsp3) is 0.0769. The summed E-state index contributed by atoms with van der Waals surface area (Å²) in [6, 6.07) is 32.8. The minimum atomic E-state index is 1.22. The first-order chi connectivity index (χ1) is 13.2. The van der Waals surface area contributed by atoms with Gasteiger partial charge in [-0.2, -0.15) is 0 Å². The zero-order valence-electron chi connectivity index (χ0n) is 15.6. The Morgan fingerprint density at radius 1 is 0.556 bits per heavy atom. The highest BCUT2D eigenvalue weighted by atomic mass is 15.0. The zero-order valence-corrected chi connectivity index (χ0v) is 15.6. The molecule has 27 heavy (non-hydrogen) atoms. The molecule has 0 unspecified atom stereocenters. The highest BCUT2D eigenvalue weighted by Gasteiger charge is 2.15. The number of hydrogen-bond donors (Lipinski definition) is 0. The average Bonchev–Trinajstić information content (AvgIpc) is 3.01. The number of aromatic nitrogens is 1. The highest BCUT2D eigenvalue weighted by molar-refractivity contribution is 6.10. The smallest absolute Gasteiger partial charge is 0.0541 e. The largest absolute Gasteiger partial charge is 0.309 e. The Labute approximate surface area is 159 Å². The summed E-state index contributed by atoms with van der Waals surface area (Å²) in [6.07, 6.45) is 0. The van der Waals surface area contributed by atoms with Crippen LogP contribution in [-0.4, -0.2) is 4.57 Å². The summed E-state index contributed by atoms with van der Waals surface area (Å²) in [5, 5.41) is 2.63. The van der Waals surface area contributed by atoms with Crippen molar-refractivity contribution in [2.75, 3.05) is 0 Å². The van der Waals surface area contributed by atoms with Gasteiger partial charge in [0, 0.05) is 16.3 Å². The molecule has 0 fully saturated rings. The van der Waals surface area contributed by atoms with E-state index in [1.807, 2.05) is 0 Å². The van der Waals surface area contributed by atoms with Crippen molar-refractivity contribution >= 4 is 21.8 Å². The zero-order chi connectivity index (χ0) is 18.4. The molecule has 0 radical (unpaired) electrons. The standard InChI is InChI=1S/C26H21N/c1-18-12-14-25-22(16-18)23-17-19(2)13-15-26(23)27(25)24-11-7-6-10-21(24)20-8-4-3-5-9-20/h3-17H,1-2H3. The van der Waals surface area contributed by atoms with Crippen molar-refractivity contribution in [3.05, 3.63) is 102 Å².